The van der Waals surface area contributed by atoms with Crippen molar-refractivity contribution in [2.24, 2.45) is 0 Å². The van der Waals surface area contributed by atoms with Gasteiger partial charge < -0.3 is 14.9 Å². The summed E-state index contributed by atoms with van der Waals surface area (Å²) in [5, 5.41) is 12.6. The molecule has 2 aromatic carbocycles. The molecule has 0 radical (unpaired) electrons. The quantitative estimate of drug-likeness (QED) is 0.473. The molecule has 3 heterocycles. The third kappa shape index (κ3) is 3.79. The van der Waals surface area contributed by atoms with Gasteiger partial charge in [-0.05, 0) is 62.1 Å². The average molecular weight is 432 g/mol. The maximum absolute atomic E-state index is 13.8. The van der Waals surface area contributed by atoms with E-state index in [1.165, 1.54) is 18.6 Å². The summed E-state index contributed by atoms with van der Waals surface area (Å²) in [7, 11) is 0. The first-order valence-corrected chi connectivity index (χ1v) is 11.1. The van der Waals surface area contributed by atoms with Crippen molar-refractivity contribution in [2.45, 2.75) is 52.5 Å². The summed E-state index contributed by atoms with van der Waals surface area (Å²) in [6.07, 6.45) is 4.59. The van der Waals surface area contributed by atoms with Gasteiger partial charge in [0, 0.05) is 40.8 Å². The van der Waals surface area contributed by atoms with Gasteiger partial charge in [0.2, 0.25) is 5.91 Å². The molecule has 0 saturated heterocycles. The summed E-state index contributed by atoms with van der Waals surface area (Å²) in [4.78, 5) is 16.2. The standard InChI is InChI=1S/C25H26FN5O/c1-15-7-8-17(25-30-29-23-6-4-3-5-11-31(23)25)12-22(15)28-24(32)14-19-16(2)27-21-10-9-18(26)13-20(19)21/h7-10,12-13,27H,3-6,11,14H2,1-2H3,(H,28,32). The zero-order valence-corrected chi connectivity index (χ0v) is 18.3. The molecular formula is C25H26FN5O. The highest BCUT2D eigenvalue weighted by Gasteiger charge is 2.18. The van der Waals surface area contributed by atoms with Gasteiger partial charge in [-0.1, -0.05) is 18.6 Å². The summed E-state index contributed by atoms with van der Waals surface area (Å²) in [5.41, 5.74) is 5.18. The number of amides is 1. The number of carbonyl (C=O) groups excluding carboxylic acids is 1. The number of nitrogens with one attached hydrogen (secondary N) is 2. The Morgan fingerprint density at radius 3 is 2.88 bits per heavy atom. The van der Waals surface area contributed by atoms with Crippen LogP contribution < -0.4 is 5.32 Å². The summed E-state index contributed by atoms with van der Waals surface area (Å²) in [5.74, 6) is 1.43. The number of rotatable bonds is 4. The number of carbonyl (C=O) groups is 1. The van der Waals surface area contributed by atoms with Crippen LogP contribution in [0.15, 0.2) is 36.4 Å². The van der Waals surface area contributed by atoms with Crippen LogP contribution in [0.1, 0.15) is 41.9 Å². The SMILES string of the molecule is Cc1ccc(-c2nnc3n2CCCCC3)cc1NC(=O)Cc1c(C)[nH]c2ccc(F)cc12. The Labute approximate surface area is 185 Å². The van der Waals surface area contributed by atoms with Gasteiger partial charge in [0.25, 0.3) is 0 Å². The Balaban J connectivity index is 1.41. The van der Waals surface area contributed by atoms with Crippen molar-refractivity contribution in [1.82, 2.24) is 19.7 Å². The lowest BCUT2D eigenvalue weighted by atomic mass is 10.1. The van der Waals surface area contributed by atoms with E-state index < -0.39 is 0 Å². The molecule has 0 atom stereocenters. The van der Waals surface area contributed by atoms with E-state index in [-0.39, 0.29) is 18.1 Å². The van der Waals surface area contributed by atoms with Crippen LogP contribution in [0.2, 0.25) is 0 Å². The zero-order valence-electron chi connectivity index (χ0n) is 18.3. The number of anilines is 1. The van der Waals surface area contributed by atoms with Gasteiger partial charge in [0.1, 0.15) is 11.6 Å². The minimum absolute atomic E-state index is 0.140. The molecule has 5 rings (SSSR count). The van der Waals surface area contributed by atoms with E-state index in [2.05, 4.69) is 25.1 Å². The van der Waals surface area contributed by atoms with Crippen LogP contribution in [0.5, 0.6) is 0 Å². The molecule has 0 spiro atoms. The second-order valence-corrected chi connectivity index (χ2v) is 8.58. The van der Waals surface area contributed by atoms with Gasteiger partial charge in [0.15, 0.2) is 5.82 Å². The number of aryl methyl sites for hydroxylation is 3. The molecule has 0 aliphatic carbocycles. The van der Waals surface area contributed by atoms with Crippen molar-refractivity contribution in [3.63, 3.8) is 0 Å². The van der Waals surface area contributed by atoms with Crippen LogP contribution in [0.3, 0.4) is 0 Å². The molecule has 4 aromatic rings. The molecular weight excluding hydrogens is 405 g/mol. The monoisotopic (exact) mass is 431 g/mol. The number of nitrogens with zero attached hydrogens (tertiary/aromatic N) is 3. The van der Waals surface area contributed by atoms with Crippen molar-refractivity contribution in [1.29, 1.82) is 0 Å². The van der Waals surface area contributed by atoms with Crippen LogP contribution in [0.4, 0.5) is 10.1 Å². The highest BCUT2D eigenvalue weighted by molar-refractivity contribution is 5.97. The number of fused-ring (bicyclic) bond motifs is 2. The van der Waals surface area contributed by atoms with Crippen molar-refractivity contribution in [2.75, 3.05) is 5.32 Å². The van der Waals surface area contributed by atoms with Crippen molar-refractivity contribution >= 4 is 22.5 Å². The number of hydrogen-bond donors (Lipinski definition) is 2. The predicted molar refractivity (Wildman–Crippen MR) is 123 cm³/mol. The van der Waals surface area contributed by atoms with Gasteiger partial charge >= 0.3 is 0 Å². The fourth-order valence-corrected chi connectivity index (χ4v) is 4.53. The number of H-pyrrole nitrogens is 1. The highest BCUT2D eigenvalue weighted by atomic mass is 19.1. The maximum atomic E-state index is 13.8. The highest BCUT2D eigenvalue weighted by Crippen LogP contribution is 2.28. The fraction of sp³-hybridized carbons (Fsp3) is 0.320. The second-order valence-electron chi connectivity index (χ2n) is 8.58. The molecule has 1 amide bonds. The molecule has 1 aliphatic heterocycles. The third-order valence-electron chi connectivity index (χ3n) is 6.30. The normalized spacial score (nSPS) is 13.7. The lowest BCUT2D eigenvalue weighted by molar-refractivity contribution is -0.115. The molecule has 6 nitrogen and oxygen atoms in total. The third-order valence-corrected chi connectivity index (χ3v) is 6.30. The summed E-state index contributed by atoms with van der Waals surface area (Å²) >= 11 is 0. The smallest absolute Gasteiger partial charge is 0.228 e. The number of halogens is 1. The molecule has 0 fully saturated rings. The van der Waals surface area contributed by atoms with Crippen molar-refractivity contribution in [3.05, 3.63) is 64.9 Å². The average Bonchev–Trinajstić information content (AvgIpc) is 3.20. The van der Waals surface area contributed by atoms with E-state index in [0.717, 1.165) is 76.4 Å². The van der Waals surface area contributed by atoms with E-state index in [9.17, 15) is 9.18 Å². The van der Waals surface area contributed by atoms with Gasteiger partial charge in [-0.2, -0.15) is 0 Å². The summed E-state index contributed by atoms with van der Waals surface area (Å²) < 4.78 is 16.0. The topological polar surface area (TPSA) is 75.6 Å². The molecule has 2 aromatic heterocycles. The molecule has 1 aliphatic rings. The molecule has 164 valence electrons. The minimum Gasteiger partial charge on any atom is -0.358 e. The van der Waals surface area contributed by atoms with Crippen LogP contribution in [0, 0.1) is 19.7 Å². The number of benzene rings is 2. The number of aromatic nitrogens is 4. The molecule has 0 saturated carbocycles. The minimum atomic E-state index is -0.311. The molecule has 32 heavy (non-hydrogen) atoms. The lowest BCUT2D eigenvalue weighted by Gasteiger charge is -2.12. The predicted octanol–water partition coefficient (Wildman–Crippen LogP) is 5.09. The van der Waals surface area contributed by atoms with E-state index in [1.807, 2.05) is 32.0 Å². The lowest BCUT2D eigenvalue weighted by Crippen LogP contribution is -2.15. The maximum Gasteiger partial charge on any atom is 0.228 e. The molecule has 0 unspecified atom stereocenters. The zero-order chi connectivity index (χ0) is 22.2. The first-order chi connectivity index (χ1) is 15.5. The second kappa shape index (κ2) is 8.22. The van der Waals surface area contributed by atoms with Crippen LogP contribution in [-0.4, -0.2) is 25.7 Å². The van der Waals surface area contributed by atoms with Crippen molar-refractivity contribution < 1.29 is 9.18 Å². The number of aromatic amines is 1. The summed E-state index contributed by atoms with van der Waals surface area (Å²) in [6.45, 7) is 4.79. The Kier molecular flexibility index (Phi) is 5.25. The van der Waals surface area contributed by atoms with E-state index >= 15 is 0 Å². The largest absolute Gasteiger partial charge is 0.358 e. The van der Waals surface area contributed by atoms with E-state index in [4.69, 9.17) is 0 Å². The molecule has 0 bridgehead atoms. The van der Waals surface area contributed by atoms with E-state index in [1.54, 1.807) is 6.07 Å². The Morgan fingerprint density at radius 2 is 2.00 bits per heavy atom. The Morgan fingerprint density at radius 1 is 1.12 bits per heavy atom. The summed E-state index contributed by atoms with van der Waals surface area (Å²) in [6, 6.07) is 10.6. The van der Waals surface area contributed by atoms with Crippen molar-refractivity contribution in [3.8, 4) is 11.4 Å². The first kappa shape index (κ1) is 20.4. The van der Waals surface area contributed by atoms with Gasteiger partial charge in [0.05, 0.1) is 6.42 Å². The van der Waals surface area contributed by atoms with Crippen LogP contribution in [0.25, 0.3) is 22.3 Å². The van der Waals surface area contributed by atoms with E-state index in [0.29, 0.717) is 0 Å². The molecule has 2 N–H and O–H groups in total. The van der Waals surface area contributed by atoms with Gasteiger partial charge in [-0.15, -0.1) is 10.2 Å². The number of hydrogen-bond acceptors (Lipinski definition) is 3. The van der Waals surface area contributed by atoms with Gasteiger partial charge in [-0.3, -0.25) is 4.79 Å². The Hall–Kier alpha value is -3.48. The fourth-order valence-electron chi connectivity index (χ4n) is 4.53. The first-order valence-electron chi connectivity index (χ1n) is 11.1. The Bertz CT molecular complexity index is 1320. The van der Waals surface area contributed by atoms with Crippen LogP contribution in [-0.2, 0) is 24.2 Å². The van der Waals surface area contributed by atoms with Crippen LogP contribution >= 0.6 is 0 Å². The molecule has 7 heteroatoms. The van der Waals surface area contributed by atoms with Gasteiger partial charge in [-0.25, -0.2) is 4.39 Å².